The van der Waals surface area contributed by atoms with Gasteiger partial charge in [-0.1, -0.05) is 115 Å². The summed E-state index contributed by atoms with van der Waals surface area (Å²) < 4.78 is 4.85. The number of hydrogen-bond acceptors (Lipinski definition) is 0. The van der Waals surface area contributed by atoms with Gasteiger partial charge in [-0.15, -0.1) is 0 Å². The minimum Gasteiger partial charge on any atom is -0.309 e. The Labute approximate surface area is 255 Å². The average Bonchev–Trinajstić information content (AvgIpc) is 3.62. The first-order valence-corrected chi connectivity index (χ1v) is 15.1. The van der Waals surface area contributed by atoms with Crippen molar-refractivity contribution in [3.8, 4) is 33.6 Å². The Hall–Kier alpha value is -5.86. The van der Waals surface area contributed by atoms with E-state index in [0.717, 1.165) is 5.69 Å². The Morgan fingerprint density at radius 2 is 0.750 bits per heavy atom. The molecule has 9 aromatic rings. The summed E-state index contributed by atoms with van der Waals surface area (Å²) in [5, 5.41) is 5.09. The van der Waals surface area contributed by atoms with E-state index in [4.69, 9.17) is 0 Å². The van der Waals surface area contributed by atoms with Crippen LogP contribution in [-0.4, -0.2) is 9.13 Å². The van der Waals surface area contributed by atoms with Gasteiger partial charge in [0.1, 0.15) is 0 Å². The lowest BCUT2D eigenvalue weighted by Gasteiger charge is -2.11. The average molecular weight is 561 g/mol. The van der Waals surface area contributed by atoms with Crippen LogP contribution in [-0.2, 0) is 0 Å². The van der Waals surface area contributed by atoms with Gasteiger partial charge in [-0.3, -0.25) is 0 Å². The summed E-state index contributed by atoms with van der Waals surface area (Å²) in [4.78, 5) is 0. The van der Waals surface area contributed by atoms with Crippen LogP contribution in [0.5, 0.6) is 0 Å². The van der Waals surface area contributed by atoms with Crippen LogP contribution >= 0.6 is 0 Å². The number of nitrogens with zero attached hydrogens (tertiary/aromatic N) is 2. The number of fused-ring (bicyclic) bond motifs is 7. The molecule has 0 saturated carbocycles. The summed E-state index contributed by atoms with van der Waals surface area (Å²) in [7, 11) is 0. The van der Waals surface area contributed by atoms with Crippen molar-refractivity contribution in [1.82, 2.24) is 9.13 Å². The summed E-state index contributed by atoms with van der Waals surface area (Å²) in [6.45, 7) is 0. The van der Waals surface area contributed by atoms with E-state index in [-0.39, 0.29) is 0 Å². The number of para-hydroxylation sites is 2. The summed E-state index contributed by atoms with van der Waals surface area (Å²) in [5.41, 5.74) is 12.0. The molecule has 0 fully saturated rings. The van der Waals surface area contributed by atoms with Gasteiger partial charge in [-0.2, -0.15) is 0 Å². The first kappa shape index (κ1) is 24.7. The van der Waals surface area contributed by atoms with E-state index in [1.165, 1.54) is 71.6 Å². The molecule has 7 aromatic carbocycles. The van der Waals surface area contributed by atoms with Crippen molar-refractivity contribution in [2.24, 2.45) is 0 Å². The molecule has 0 unspecified atom stereocenters. The fourth-order valence-electron chi connectivity index (χ4n) is 6.97. The van der Waals surface area contributed by atoms with Gasteiger partial charge >= 0.3 is 0 Å². The molecule has 2 heteroatoms. The molecule has 2 heterocycles. The standard InChI is InChI=1S/C42H28N2/c1-4-13-29(14-5-1)31-17-12-20-34(27-31)44-38-24-23-32(30-15-6-2-7-16-30)28-36(38)42-40(44)26-25-39-41(42)35-21-10-11-22-37(35)43(39)33-18-8-3-9-19-33/h1-28H. The highest BCUT2D eigenvalue weighted by Gasteiger charge is 2.21. The molecule has 0 aliphatic carbocycles. The second-order valence-corrected chi connectivity index (χ2v) is 11.4. The predicted molar refractivity (Wildman–Crippen MR) is 186 cm³/mol. The van der Waals surface area contributed by atoms with Crippen molar-refractivity contribution >= 4 is 43.6 Å². The highest BCUT2D eigenvalue weighted by Crippen LogP contribution is 2.43. The second kappa shape index (κ2) is 9.86. The molecule has 0 bridgehead atoms. The Morgan fingerprint density at radius 1 is 0.273 bits per heavy atom. The van der Waals surface area contributed by atoms with Crippen LogP contribution in [0.4, 0.5) is 0 Å². The van der Waals surface area contributed by atoms with Crippen molar-refractivity contribution in [2.45, 2.75) is 0 Å². The molecular weight excluding hydrogens is 532 g/mol. The third kappa shape index (κ3) is 3.75. The second-order valence-electron chi connectivity index (χ2n) is 11.4. The lowest BCUT2D eigenvalue weighted by atomic mass is 10.0. The Kier molecular flexibility index (Phi) is 5.54. The zero-order valence-corrected chi connectivity index (χ0v) is 24.1. The number of rotatable bonds is 4. The fourth-order valence-corrected chi connectivity index (χ4v) is 6.97. The summed E-state index contributed by atoms with van der Waals surface area (Å²) in [6.07, 6.45) is 0. The van der Waals surface area contributed by atoms with E-state index in [0.29, 0.717) is 0 Å². The van der Waals surface area contributed by atoms with Gasteiger partial charge in [0.05, 0.1) is 22.1 Å². The minimum atomic E-state index is 1.16. The van der Waals surface area contributed by atoms with Gasteiger partial charge in [0.15, 0.2) is 0 Å². The zero-order chi connectivity index (χ0) is 29.0. The fraction of sp³-hybridized carbons (Fsp3) is 0. The molecule has 2 nitrogen and oxygen atoms in total. The Balaban J connectivity index is 1.43. The molecule has 44 heavy (non-hydrogen) atoms. The van der Waals surface area contributed by atoms with Gasteiger partial charge in [0, 0.05) is 32.9 Å². The summed E-state index contributed by atoms with van der Waals surface area (Å²) in [5.74, 6) is 0. The van der Waals surface area contributed by atoms with E-state index in [9.17, 15) is 0 Å². The van der Waals surface area contributed by atoms with Crippen LogP contribution in [0.1, 0.15) is 0 Å². The monoisotopic (exact) mass is 560 g/mol. The van der Waals surface area contributed by atoms with Crippen molar-refractivity contribution in [2.75, 3.05) is 0 Å². The molecule has 0 saturated heterocycles. The zero-order valence-electron chi connectivity index (χ0n) is 24.1. The Bertz CT molecular complexity index is 2470. The third-order valence-electron chi connectivity index (χ3n) is 8.90. The molecular formula is C42H28N2. The van der Waals surface area contributed by atoms with Crippen molar-refractivity contribution in [1.29, 1.82) is 0 Å². The van der Waals surface area contributed by atoms with E-state index in [2.05, 4.69) is 179 Å². The van der Waals surface area contributed by atoms with E-state index >= 15 is 0 Å². The van der Waals surface area contributed by atoms with Crippen molar-refractivity contribution in [3.05, 3.63) is 170 Å². The first-order chi connectivity index (χ1) is 21.8. The van der Waals surface area contributed by atoms with Crippen LogP contribution < -0.4 is 0 Å². The summed E-state index contributed by atoms with van der Waals surface area (Å²) >= 11 is 0. The highest BCUT2D eigenvalue weighted by atomic mass is 15.0. The molecule has 206 valence electrons. The van der Waals surface area contributed by atoms with E-state index in [1.54, 1.807) is 0 Å². The van der Waals surface area contributed by atoms with Crippen molar-refractivity contribution < 1.29 is 0 Å². The molecule has 0 aliphatic rings. The maximum Gasteiger partial charge on any atom is 0.0548 e. The van der Waals surface area contributed by atoms with Gasteiger partial charge in [0.25, 0.3) is 0 Å². The summed E-state index contributed by atoms with van der Waals surface area (Å²) in [6, 6.07) is 61.4. The molecule has 0 amide bonds. The predicted octanol–water partition coefficient (Wildman–Crippen LogP) is 11.2. The third-order valence-corrected chi connectivity index (χ3v) is 8.90. The molecule has 2 aromatic heterocycles. The van der Waals surface area contributed by atoms with Crippen LogP contribution in [0.15, 0.2) is 170 Å². The van der Waals surface area contributed by atoms with E-state index < -0.39 is 0 Å². The van der Waals surface area contributed by atoms with Crippen LogP contribution in [0.2, 0.25) is 0 Å². The quantitative estimate of drug-likeness (QED) is 0.203. The largest absolute Gasteiger partial charge is 0.309 e. The highest BCUT2D eigenvalue weighted by molar-refractivity contribution is 6.29. The smallest absolute Gasteiger partial charge is 0.0548 e. The van der Waals surface area contributed by atoms with Gasteiger partial charge in [-0.25, -0.2) is 0 Å². The molecule has 0 spiro atoms. The maximum absolute atomic E-state index is 2.44. The number of hydrogen-bond donors (Lipinski definition) is 0. The molecule has 0 radical (unpaired) electrons. The lowest BCUT2D eigenvalue weighted by molar-refractivity contribution is 1.17. The number of aromatic nitrogens is 2. The van der Waals surface area contributed by atoms with Gasteiger partial charge < -0.3 is 9.13 Å². The Morgan fingerprint density at radius 3 is 1.45 bits per heavy atom. The SMILES string of the molecule is c1ccc(-c2cccc(-n3c4ccc(-c5ccccc5)cc4c4c5c6ccccc6n(-c6ccccc6)c5ccc43)c2)cc1. The molecule has 9 rings (SSSR count). The van der Waals surface area contributed by atoms with Crippen LogP contribution in [0.3, 0.4) is 0 Å². The van der Waals surface area contributed by atoms with Gasteiger partial charge in [0.2, 0.25) is 0 Å². The normalized spacial score (nSPS) is 11.6. The molecule has 0 N–H and O–H groups in total. The molecule has 0 atom stereocenters. The van der Waals surface area contributed by atoms with Crippen LogP contribution in [0.25, 0.3) is 77.2 Å². The topological polar surface area (TPSA) is 9.86 Å². The lowest BCUT2D eigenvalue weighted by Crippen LogP contribution is -1.95. The van der Waals surface area contributed by atoms with E-state index in [1.807, 2.05) is 0 Å². The van der Waals surface area contributed by atoms with Crippen LogP contribution in [0, 0.1) is 0 Å². The van der Waals surface area contributed by atoms with Gasteiger partial charge in [-0.05, 0) is 76.9 Å². The first-order valence-electron chi connectivity index (χ1n) is 15.1. The maximum atomic E-state index is 2.44. The minimum absolute atomic E-state index is 1.16. The molecule has 0 aliphatic heterocycles. The number of benzene rings is 7. The van der Waals surface area contributed by atoms with Crippen molar-refractivity contribution in [3.63, 3.8) is 0 Å².